The van der Waals surface area contributed by atoms with Crippen molar-refractivity contribution in [2.24, 2.45) is 0 Å². The summed E-state index contributed by atoms with van der Waals surface area (Å²) in [6.07, 6.45) is 0. The van der Waals surface area contributed by atoms with Gasteiger partial charge < -0.3 is 20.1 Å². The SMILES string of the molecule is COc1ccc(CNC(=O)Nc2ccc(S(=O)(=O)N(C)OC)cc2)cc1OC. The second-order valence-corrected chi connectivity index (χ2v) is 7.55. The molecule has 0 fully saturated rings. The van der Waals surface area contributed by atoms with Crippen molar-refractivity contribution in [2.75, 3.05) is 33.7 Å². The maximum Gasteiger partial charge on any atom is 0.319 e. The van der Waals surface area contributed by atoms with Gasteiger partial charge in [0, 0.05) is 19.3 Å². The van der Waals surface area contributed by atoms with E-state index in [1.54, 1.807) is 19.2 Å². The summed E-state index contributed by atoms with van der Waals surface area (Å²) in [5, 5.41) is 5.36. The fraction of sp³-hybridized carbons (Fsp3) is 0.278. The largest absolute Gasteiger partial charge is 0.493 e. The lowest BCUT2D eigenvalue weighted by atomic mass is 10.2. The van der Waals surface area contributed by atoms with E-state index in [0.717, 1.165) is 10.0 Å². The van der Waals surface area contributed by atoms with Crippen LogP contribution in [0.1, 0.15) is 5.56 Å². The lowest BCUT2D eigenvalue weighted by Gasteiger charge is -2.14. The molecule has 2 aromatic rings. The fourth-order valence-corrected chi connectivity index (χ4v) is 3.28. The maximum atomic E-state index is 12.1. The molecule has 2 N–H and O–H groups in total. The molecule has 152 valence electrons. The highest BCUT2D eigenvalue weighted by Gasteiger charge is 2.20. The Morgan fingerprint density at radius 1 is 1.00 bits per heavy atom. The molecule has 0 unspecified atom stereocenters. The molecular weight excluding hydrogens is 386 g/mol. The van der Waals surface area contributed by atoms with Gasteiger partial charge in [-0.25, -0.2) is 13.2 Å². The van der Waals surface area contributed by atoms with E-state index in [9.17, 15) is 13.2 Å². The number of amides is 2. The highest BCUT2D eigenvalue weighted by molar-refractivity contribution is 7.89. The summed E-state index contributed by atoms with van der Waals surface area (Å²) in [7, 11) is 1.91. The number of nitrogens with zero attached hydrogens (tertiary/aromatic N) is 1. The zero-order valence-electron chi connectivity index (χ0n) is 16.1. The van der Waals surface area contributed by atoms with E-state index < -0.39 is 16.1 Å². The van der Waals surface area contributed by atoms with Gasteiger partial charge in [0.15, 0.2) is 11.5 Å². The first-order valence-corrected chi connectivity index (χ1v) is 9.64. The summed E-state index contributed by atoms with van der Waals surface area (Å²) >= 11 is 0. The van der Waals surface area contributed by atoms with Gasteiger partial charge in [-0.1, -0.05) is 10.5 Å². The van der Waals surface area contributed by atoms with Crippen LogP contribution in [0.5, 0.6) is 11.5 Å². The molecule has 0 saturated heterocycles. The highest BCUT2D eigenvalue weighted by Crippen LogP contribution is 2.27. The van der Waals surface area contributed by atoms with E-state index in [-0.39, 0.29) is 11.4 Å². The van der Waals surface area contributed by atoms with Crippen LogP contribution in [0.15, 0.2) is 47.4 Å². The predicted octanol–water partition coefficient (Wildman–Crippen LogP) is 2.21. The third-order valence-electron chi connectivity index (χ3n) is 3.91. The molecule has 0 heterocycles. The lowest BCUT2D eigenvalue weighted by Crippen LogP contribution is -2.28. The molecular formula is C18H23N3O6S. The second-order valence-electron chi connectivity index (χ2n) is 5.62. The first-order valence-electron chi connectivity index (χ1n) is 8.20. The molecule has 2 rings (SSSR count). The third kappa shape index (κ3) is 5.12. The van der Waals surface area contributed by atoms with Crippen LogP contribution in [-0.4, -0.2) is 47.3 Å². The van der Waals surface area contributed by atoms with Crippen LogP contribution < -0.4 is 20.1 Å². The Balaban J connectivity index is 1.97. The van der Waals surface area contributed by atoms with Crippen molar-refractivity contribution in [3.8, 4) is 11.5 Å². The van der Waals surface area contributed by atoms with Crippen molar-refractivity contribution in [1.29, 1.82) is 0 Å². The van der Waals surface area contributed by atoms with Crippen LogP contribution in [0.4, 0.5) is 10.5 Å². The summed E-state index contributed by atoms with van der Waals surface area (Å²) in [5.41, 5.74) is 1.28. The first kappa shape index (κ1) is 21.5. The van der Waals surface area contributed by atoms with E-state index in [2.05, 4.69) is 10.6 Å². The molecule has 0 aliphatic rings. The monoisotopic (exact) mass is 409 g/mol. The summed E-state index contributed by atoms with van der Waals surface area (Å²) in [6.45, 7) is 0.275. The number of hydrogen-bond acceptors (Lipinski definition) is 6. The predicted molar refractivity (Wildman–Crippen MR) is 104 cm³/mol. The Bertz CT molecular complexity index is 915. The first-order chi connectivity index (χ1) is 13.3. The van der Waals surface area contributed by atoms with Gasteiger partial charge in [0.05, 0.1) is 26.2 Å². The Morgan fingerprint density at radius 3 is 2.21 bits per heavy atom. The van der Waals surface area contributed by atoms with Crippen molar-refractivity contribution in [2.45, 2.75) is 11.4 Å². The number of carbonyl (C=O) groups is 1. The highest BCUT2D eigenvalue weighted by atomic mass is 32.2. The average molecular weight is 409 g/mol. The number of urea groups is 1. The summed E-state index contributed by atoms with van der Waals surface area (Å²) in [5.74, 6) is 1.17. The molecule has 2 aromatic carbocycles. The van der Waals surface area contributed by atoms with Crippen LogP contribution in [0, 0.1) is 0 Å². The second kappa shape index (κ2) is 9.40. The van der Waals surface area contributed by atoms with Crippen LogP contribution in [0.3, 0.4) is 0 Å². The normalized spacial score (nSPS) is 11.2. The Kier molecular flexibility index (Phi) is 7.21. The zero-order chi connectivity index (χ0) is 20.7. The number of nitrogens with one attached hydrogen (secondary N) is 2. The van der Waals surface area contributed by atoms with Gasteiger partial charge in [-0.05, 0) is 42.0 Å². The van der Waals surface area contributed by atoms with Gasteiger partial charge in [0.2, 0.25) is 0 Å². The molecule has 2 amide bonds. The van der Waals surface area contributed by atoms with Gasteiger partial charge in [0.1, 0.15) is 0 Å². The molecule has 0 aromatic heterocycles. The summed E-state index contributed by atoms with van der Waals surface area (Å²) in [6, 6.07) is 10.7. The van der Waals surface area contributed by atoms with Gasteiger partial charge in [-0.2, -0.15) is 0 Å². The van der Waals surface area contributed by atoms with Gasteiger partial charge >= 0.3 is 6.03 Å². The zero-order valence-corrected chi connectivity index (χ0v) is 16.9. The minimum atomic E-state index is -3.73. The van der Waals surface area contributed by atoms with E-state index >= 15 is 0 Å². The molecule has 0 atom stereocenters. The molecule has 9 nitrogen and oxygen atoms in total. The van der Waals surface area contributed by atoms with Gasteiger partial charge in [0.25, 0.3) is 10.0 Å². The van der Waals surface area contributed by atoms with Crippen molar-refractivity contribution in [3.05, 3.63) is 48.0 Å². The number of methoxy groups -OCH3 is 2. The lowest BCUT2D eigenvalue weighted by molar-refractivity contribution is -0.0258. The van der Waals surface area contributed by atoms with E-state index in [4.69, 9.17) is 14.3 Å². The van der Waals surface area contributed by atoms with Crippen molar-refractivity contribution >= 4 is 21.7 Å². The van der Waals surface area contributed by atoms with Crippen LogP contribution in [0.2, 0.25) is 0 Å². The number of anilines is 1. The van der Waals surface area contributed by atoms with Crippen molar-refractivity contribution < 1.29 is 27.5 Å². The fourth-order valence-electron chi connectivity index (χ4n) is 2.31. The minimum absolute atomic E-state index is 0.0492. The molecule has 28 heavy (non-hydrogen) atoms. The van der Waals surface area contributed by atoms with Gasteiger partial charge in [-0.3, -0.25) is 4.84 Å². The molecule has 0 aliphatic carbocycles. The molecule has 0 radical (unpaired) electrons. The van der Waals surface area contributed by atoms with Crippen molar-refractivity contribution in [1.82, 2.24) is 9.79 Å². The third-order valence-corrected chi connectivity index (χ3v) is 5.60. The van der Waals surface area contributed by atoms with Crippen LogP contribution in [0.25, 0.3) is 0 Å². The van der Waals surface area contributed by atoms with Gasteiger partial charge in [-0.15, -0.1) is 0 Å². The van der Waals surface area contributed by atoms with E-state index in [1.807, 2.05) is 6.07 Å². The maximum absolute atomic E-state index is 12.1. The number of sulfonamides is 1. The Morgan fingerprint density at radius 2 is 1.64 bits per heavy atom. The number of hydroxylamine groups is 1. The Labute approximate surface area is 164 Å². The van der Waals surface area contributed by atoms with E-state index in [1.165, 1.54) is 45.5 Å². The Hall–Kier alpha value is -2.82. The van der Waals surface area contributed by atoms with Crippen molar-refractivity contribution in [3.63, 3.8) is 0 Å². The molecule has 0 saturated carbocycles. The smallest absolute Gasteiger partial charge is 0.319 e. The quantitative estimate of drug-likeness (QED) is 0.648. The molecule has 0 spiro atoms. The average Bonchev–Trinajstić information content (AvgIpc) is 2.71. The van der Waals surface area contributed by atoms with E-state index in [0.29, 0.717) is 17.2 Å². The van der Waals surface area contributed by atoms with Crippen LogP contribution in [-0.2, 0) is 21.4 Å². The molecule has 0 bridgehead atoms. The summed E-state index contributed by atoms with van der Waals surface area (Å²) in [4.78, 5) is 16.8. The minimum Gasteiger partial charge on any atom is -0.493 e. The topological polar surface area (TPSA) is 106 Å². The summed E-state index contributed by atoms with van der Waals surface area (Å²) < 4.78 is 35.4. The molecule has 10 heteroatoms. The number of benzene rings is 2. The molecule has 0 aliphatic heterocycles. The number of hydrogen-bond donors (Lipinski definition) is 2. The standard InChI is InChI=1S/C18H23N3O6S/c1-21(27-4)28(23,24)15-8-6-14(7-9-15)20-18(22)19-12-13-5-10-16(25-2)17(11-13)26-3/h5-11H,12H2,1-4H3,(H2,19,20,22). The number of ether oxygens (including phenoxy) is 2. The number of carbonyl (C=O) groups excluding carboxylic acids is 1. The number of rotatable bonds is 8. The van der Waals surface area contributed by atoms with Crippen LogP contribution >= 0.6 is 0 Å².